The van der Waals surface area contributed by atoms with Crippen LogP contribution in [0.3, 0.4) is 0 Å². The number of nitrogens with zero attached hydrogens (tertiary/aromatic N) is 2. The average molecular weight is 435 g/mol. The molecule has 0 aromatic heterocycles. The van der Waals surface area contributed by atoms with Crippen LogP contribution in [0.25, 0.3) is 0 Å². The van der Waals surface area contributed by atoms with E-state index >= 15 is 0 Å². The van der Waals surface area contributed by atoms with Gasteiger partial charge in [-0.3, -0.25) is 9.59 Å². The topological polar surface area (TPSA) is 73.9 Å². The molecule has 2 amide bonds. The third kappa shape index (κ3) is 4.62. The van der Waals surface area contributed by atoms with E-state index in [1.165, 1.54) is 16.7 Å². The SMILES string of the molecule is COc1ccccc1CNC(=O)CCN1C=CN2NC(c3ccc(C)c(C)c3)CC2C1=O. The highest BCUT2D eigenvalue weighted by Gasteiger charge is 2.39. The van der Waals surface area contributed by atoms with Gasteiger partial charge in [-0.05, 0) is 43.0 Å². The minimum Gasteiger partial charge on any atom is -0.496 e. The predicted octanol–water partition coefficient (Wildman–Crippen LogP) is 2.95. The van der Waals surface area contributed by atoms with E-state index in [-0.39, 0.29) is 30.3 Å². The van der Waals surface area contributed by atoms with Crippen molar-refractivity contribution in [1.29, 1.82) is 0 Å². The number of hydrogen-bond acceptors (Lipinski definition) is 5. The van der Waals surface area contributed by atoms with E-state index in [1.54, 1.807) is 18.2 Å². The summed E-state index contributed by atoms with van der Waals surface area (Å²) >= 11 is 0. The summed E-state index contributed by atoms with van der Waals surface area (Å²) < 4.78 is 5.32. The lowest BCUT2D eigenvalue weighted by atomic mass is 9.97. The van der Waals surface area contributed by atoms with Gasteiger partial charge in [0.25, 0.3) is 5.91 Å². The van der Waals surface area contributed by atoms with Crippen LogP contribution in [0.15, 0.2) is 54.9 Å². The number of amides is 2. The molecule has 2 aliphatic rings. The van der Waals surface area contributed by atoms with Gasteiger partial charge in [0.15, 0.2) is 0 Å². The zero-order valence-electron chi connectivity index (χ0n) is 18.8. The summed E-state index contributed by atoms with van der Waals surface area (Å²) in [4.78, 5) is 27.0. The van der Waals surface area contributed by atoms with Gasteiger partial charge in [-0.15, -0.1) is 0 Å². The molecule has 2 unspecified atom stereocenters. The van der Waals surface area contributed by atoms with Crippen molar-refractivity contribution in [3.63, 3.8) is 0 Å². The normalized spacial score (nSPS) is 19.8. The molecule has 0 spiro atoms. The largest absolute Gasteiger partial charge is 0.496 e. The quantitative estimate of drug-likeness (QED) is 0.701. The van der Waals surface area contributed by atoms with Gasteiger partial charge in [-0.2, -0.15) is 0 Å². The third-order valence-electron chi connectivity index (χ3n) is 6.26. The predicted molar refractivity (Wildman–Crippen MR) is 122 cm³/mol. The maximum atomic E-state index is 13.0. The lowest BCUT2D eigenvalue weighted by Crippen LogP contribution is -2.48. The first-order valence-electron chi connectivity index (χ1n) is 11.0. The maximum absolute atomic E-state index is 13.0. The molecule has 2 N–H and O–H groups in total. The summed E-state index contributed by atoms with van der Waals surface area (Å²) in [5.74, 6) is 0.662. The molecule has 0 bridgehead atoms. The Kier molecular flexibility index (Phi) is 6.46. The molecule has 7 heteroatoms. The highest BCUT2D eigenvalue weighted by atomic mass is 16.5. The van der Waals surface area contributed by atoms with E-state index in [4.69, 9.17) is 4.74 Å². The Balaban J connectivity index is 1.30. The molecular weight excluding hydrogens is 404 g/mol. The van der Waals surface area contributed by atoms with E-state index in [9.17, 15) is 9.59 Å². The van der Waals surface area contributed by atoms with Crippen molar-refractivity contribution in [2.75, 3.05) is 13.7 Å². The number of para-hydroxylation sites is 1. The summed E-state index contributed by atoms with van der Waals surface area (Å²) in [6.07, 6.45) is 4.58. The van der Waals surface area contributed by atoms with Gasteiger partial charge in [0.1, 0.15) is 11.8 Å². The number of hydrazine groups is 1. The fraction of sp³-hybridized carbons (Fsp3) is 0.360. The van der Waals surface area contributed by atoms with Gasteiger partial charge in [-0.1, -0.05) is 36.4 Å². The fourth-order valence-corrected chi connectivity index (χ4v) is 4.17. The van der Waals surface area contributed by atoms with Crippen molar-refractivity contribution < 1.29 is 14.3 Å². The van der Waals surface area contributed by atoms with Gasteiger partial charge in [0.2, 0.25) is 5.91 Å². The van der Waals surface area contributed by atoms with Crippen LogP contribution in [0.1, 0.15) is 41.1 Å². The molecular formula is C25H30N4O3. The molecule has 1 fully saturated rings. The van der Waals surface area contributed by atoms with Crippen LogP contribution < -0.4 is 15.5 Å². The molecule has 2 atom stereocenters. The summed E-state index contributed by atoms with van der Waals surface area (Å²) in [5.41, 5.74) is 8.04. The number of fused-ring (bicyclic) bond motifs is 1. The zero-order valence-corrected chi connectivity index (χ0v) is 18.8. The van der Waals surface area contributed by atoms with Crippen LogP contribution in [-0.2, 0) is 16.1 Å². The Hall–Kier alpha value is -3.32. The van der Waals surface area contributed by atoms with Gasteiger partial charge in [0.05, 0.1) is 13.2 Å². The van der Waals surface area contributed by atoms with E-state index in [2.05, 4.69) is 42.8 Å². The van der Waals surface area contributed by atoms with Crippen LogP contribution in [0.4, 0.5) is 0 Å². The lowest BCUT2D eigenvalue weighted by molar-refractivity contribution is -0.134. The first kappa shape index (κ1) is 21.9. The summed E-state index contributed by atoms with van der Waals surface area (Å²) in [6.45, 7) is 4.95. The van der Waals surface area contributed by atoms with E-state index in [0.717, 1.165) is 11.3 Å². The number of rotatable bonds is 7. The molecule has 2 aromatic rings. The number of hydrogen-bond donors (Lipinski definition) is 2. The molecule has 1 saturated heterocycles. The van der Waals surface area contributed by atoms with Crippen LogP contribution in [-0.4, -0.2) is 41.4 Å². The number of carbonyl (C=O) groups excluding carboxylic acids is 2. The van der Waals surface area contributed by atoms with Crippen molar-refractivity contribution in [3.05, 3.63) is 77.1 Å². The number of benzene rings is 2. The van der Waals surface area contributed by atoms with E-state index < -0.39 is 0 Å². The number of methoxy groups -OCH3 is 1. The zero-order chi connectivity index (χ0) is 22.7. The molecule has 168 valence electrons. The monoisotopic (exact) mass is 434 g/mol. The van der Waals surface area contributed by atoms with Crippen molar-refractivity contribution in [3.8, 4) is 5.75 Å². The first-order chi connectivity index (χ1) is 15.5. The summed E-state index contributed by atoms with van der Waals surface area (Å²) in [6, 6.07) is 13.9. The molecule has 2 heterocycles. The molecule has 2 aromatic carbocycles. The summed E-state index contributed by atoms with van der Waals surface area (Å²) in [7, 11) is 1.61. The van der Waals surface area contributed by atoms with Gasteiger partial charge in [0, 0.05) is 37.5 Å². The molecule has 0 saturated carbocycles. The Morgan fingerprint density at radius 1 is 1.16 bits per heavy atom. The van der Waals surface area contributed by atoms with Gasteiger partial charge < -0.3 is 20.0 Å². The number of nitrogens with one attached hydrogen (secondary N) is 2. The Morgan fingerprint density at radius 2 is 1.97 bits per heavy atom. The molecule has 7 nitrogen and oxygen atoms in total. The minimum absolute atomic E-state index is 0.0175. The number of ether oxygens (including phenoxy) is 1. The number of carbonyl (C=O) groups is 2. The number of aryl methyl sites for hydroxylation is 2. The van der Waals surface area contributed by atoms with Gasteiger partial charge >= 0.3 is 0 Å². The third-order valence-corrected chi connectivity index (χ3v) is 6.26. The van der Waals surface area contributed by atoms with Crippen molar-refractivity contribution in [1.82, 2.24) is 20.7 Å². The van der Waals surface area contributed by atoms with E-state index in [0.29, 0.717) is 19.5 Å². The molecule has 2 aliphatic heterocycles. The van der Waals surface area contributed by atoms with Gasteiger partial charge in [-0.25, -0.2) is 5.43 Å². The maximum Gasteiger partial charge on any atom is 0.250 e. The Morgan fingerprint density at radius 3 is 2.75 bits per heavy atom. The summed E-state index contributed by atoms with van der Waals surface area (Å²) in [5, 5.41) is 4.80. The van der Waals surface area contributed by atoms with Crippen molar-refractivity contribution >= 4 is 11.8 Å². The average Bonchev–Trinajstić information content (AvgIpc) is 3.24. The Labute approximate surface area is 189 Å². The first-order valence-corrected chi connectivity index (χ1v) is 11.0. The van der Waals surface area contributed by atoms with Crippen LogP contribution in [0.5, 0.6) is 5.75 Å². The van der Waals surface area contributed by atoms with Crippen LogP contribution in [0, 0.1) is 13.8 Å². The van der Waals surface area contributed by atoms with E-state index in [1.807, 2.05) is 35.5 Å². The molecule has 32 heavy (non-hydrogen) atoms. The highest BCUT2D eigenvalue weighted by molar-refractivity contribution is 5.85. The molecule has 0 aliphatic carbocycles. The van der Waals surface area contributed by atoms with Crippen LogP contribution in [0.2, 0.25) is 0 Å². The Bertz CT molecular complexity index is 1040. The second kappa shape index (κ2) is 9.44. The standard InChI is InChI=1S/C25H30N4O3/c1-17-8-9-19(14-18(17)2)21-15-22-25(31)28(12-13-29(22)27-21)11-10-24(30)26-16-20-6-4-5-7-23(20)32-3/h4-9,12-14,21-22,27H,10-11,15-16H2,1-3H3,(H,26,30). The lowest BCUT2D eigenvalue weighted by Gasteiger charge is -2.31. The van der Waals surface area contributed by atoms with Crippen LogP contribution >= 0.6 is 0 Å². The van der Waals surface area contributed by atoms with Crippen molar-refractivity contribution in [2.24, 2.45) is 0 Å². The van der Waals surface area contributed by atoms with Crippen molar-refractivity contribution in [2.45, 2.75) is 45.3 Å². The molecule has 0 radical (unpaired) electrons. The smallest absolute Gasteiger partial charge is 0.250 e. The second-order valence-corrected chi connectivity index (χ2v) is 8.35. The minimum atomic E-state index is -0.261. The second-order valence-electron chi connectivity index (χ2n) is 8.35. The fourth-order valence-electron chi connectivity index (χ4n) is 4.17. The molecule has 4 rings (SSSR count). The highest BCUT2D eigenvalue weighted by Crippen LogP contribution is 2.31.